The first-order valence-electron chi connectivity index (χ1n) is 5.90. The molecule has 0 rings (SSSR count). The number of carbonyl (C=O) groups is 1. The van der Waals surface area contributed by atoms with Crippen LogP contribution in [0.2, 0.25) is 0 Å². The molecule has 0 aromatic carbocycles. The minimum Gasteiger partial charge on any atom is -0.388 e. The second kappa shape index (κ2) is 6.21. The van der Waals surface area contributed by atoms with E-state index in [9.17, 15) is 9.90 Å². The van der Waals surface area contributed by atoms with Crippen LogP contribution in [0.1, 0.15) is 47.5 Å². The summed E-state index contributed by atoms with van der Waals surface area (Å²) in [5, 5.41) is 15.7. The van der Waals surface area contributed by atoms with Gasteiger partial charge >= 0.3 is 0 Å². The highest BCUT2D eigenvalue weighted by Crippen LogP contribution is 2.09. The molecule has 0 aromatic rings. The number of carbonyl (C=O) groups excluding carboxylic acids is 1. The van der Waals surface area contributed by atoms with E-state index < -0.39 is 5.60 Å². The summed E-state index contributed by atoms with van der Waals surface area (Å²) >= 11 is 0. The lowest BCUT2D eigenvalue weighted by Crippen LogP contribution is -2.47. The smallest absolute Gasteiger partial charge is 0.234 e. The van der Waals surface area contributed by atoms with Crippen LogP contribution in [-0.4, -0.2) is 35.2 Å². The van der Waals surface area contributed by atoms with Crippen molar-refractivity contribution >= 4 is 5.91 Å². The summed E-state index contributed by atoms with van der Waals surface area (Å²) in [6.45, 7) is 10.4. The molecule has 0 heterocycles. The van der Waals surface area contributed by atoms with Gasteiger partial charge in [-0.05, 0) is 34.1 Å². The largest absolute Gasteiger partial charge is 0.388 e. The number of nitrogens with one attached hydrogen (secondary N) is 2. The van der Waals surface area contributed by atoms with E-state index in [1.54, 1.807) is 6.92 Å². The molecule has 0 fully saturated rings. The van der Waals surface area contributed by atoms with Crippen LogP contribution in [-0.2, 0) is 4.79 Å². The molecular formula is C12H26N2O2. The van der Waals surface area contributed by atoms with Crippen molar-refractivity contribution in [1.82, 2.24) is 10.6 Å². The van der Waals surface area contributed by atoms with E-state index in [2.05, 4.69) is 10.6 Å². The van der Waals surface area contributed by atoms with Crippen LogP contribution in [0.25, 0.3) is 0 Å². The van der Waals surface area contributed by atoms with Crippen LogP contribution in [0.3, 0.4) is 0 Å². The number of rotatable bonds is 6. The van der Waals surface area contributed by atoms with E-state index in [1.165, 1.54) is 0 Å². The minimum atomic E-state index is -0.799. The third-order valence-corrected chi connectivity index (χ3v) is 2.23. The quantitative estimate of drug-likeness (QED) is 0.639. The molecule has 0 bridgehead atoms. The normalized spacial score (nSPS) is 15.6. The Hall–Kier alpha value is -0.610. The lowest BCUT2D eigenvalue weighted by Gasteiger charge is -2.24. The van der Waals surface area contributed by atoms with Gasteiger partial charge in [0.25, 0.3) is 0 Å². The fourth-order valence-electron chi connectivity index (χ4n) is 1.32. The van der Waals surface area contributed by atoms with Crippen LogP contribution < -0.4 is 10.6 Å². The molecule has 1 atom stereocenters. The molecule has 96 valence electrons. The lowest BCUT2D eigenvalue weighted by molar-refractivity contribution is -0.121. The van der Waals surface area contributed by atoms with Crippen LogP contribution >= 0.6 is 0 Å². The topological polar surface area (TPSA) is 61.4 Å². The summed E-state index contributed by atoms with van der Waals surface area (Å²) in [7, 11) is 0. The van der Waals surface area contributed by atoms with Gasteiger partial charge in [-0.25, -0.2) is 0 Å². The Labute approximate surface area is 98.8 Å². The molecule has 0 radical (unpaired) electrons. The number of hydrogen-bond donors (Lipinski definition) is 3. The molecule has 4 nitrogen and oxygen atoms in total. The van der Waals surface area contributed by atoms with Crippen molar-refractivity contribution in [3.63, 3.8) is 0 Å². The maximum Gasteiger partial charge on any atom is 0.234 e. The summed E-state index contributed by atoms with van der Waals surface area (Å²) in [4.78, 5) is 11.5. The molecule has 0 aliphatic rings. The molecule has 0 aliphatic carbocycles. The van der Waals surface area contributed by atoms with Crippen LogP contribution in [0.5, 0.6) is 0 Å². The molecule has 16 heavy (non-hydrogen) atoms. The third-order valence-electron chi connectivity index (χ3n) is 2.23. The second-order valence-corrected chi connectivity index (χ2v) is 5.63. The van der Waals surface area contributed by atoms with E-state index in [-0.39, 0.29) is 18.0 Å². The van der Waals surface area contributed by atoms with Gasteiger partial charge < -0.3 is 15.7 Å². The SMILES string of the molecule is CCCC(C)(O)CNC(=O)CNC(C)(C)C. The van der Waals surface area contributed by atoms with Crippen molar-refractivity contribution in [2.24, 2.45) is 0 Å². The third kappa shape index (κ3) is 8.68. The summed E-state index contributed by atoms with van der Waals surface area (Å²) in [5.41, 5.74) is -0.866. The van der Waals surface area contributed by atoms with Crippen LogP contribution in [0.4, 0.5) is 0 Å². The van der Waals surface area contributed by atoms with Crippen molar-refractivity contribution in [3.05, 3.63) is 0 Å². The molecule has 3 N–H and O–H groups in total. The molecule has 4 heteroatoms. The van der Waals surface area contributed by atoms with E-state index in [4.69, 9.17) is 0 Å². The highest BCUT2D eigenvalue weighted by atomic mass is 16.3. The fraction of sp³-hybridized carbons (Fsp3) is 0.917. The van der Waals surface area contributed by atoms with Gasteiger partial charge in [0.15, 0.2) is 0 Å². The molecule has 1 unspecified atom stereocenters. The zero-order chi connectivity index (χ0) is 12.8. The maximum absolute atomic E-state index is 11.5. The van der Waals surface area contributed by atoms with Crippen molar-refractivity contribution in [2.75, 3.05) is 13.1 Å². The molecule has 0 aliphatic heterocycles. The zero-order valence-electron chi connectivity index (χ0n) is 11.2. The van der Waals surface area contributed by atoms with Crippen molar-refractivity contribution in [2.45, 2.75) is 58.6 Å². The van der Waals surface area contributed by atoms with Gasteiger partial charge in [-0.2, -0.15) is 0 Å². The lowest BCUT2D eigenvalue weighted by atomic mass is 10.0. The van der Waals surface area contributed by atoms with Gasteiger partial charge in [0.2, 0.25) is 5.91 Å². The average Bonchev–Trinajstić information content (AvgIpc) is 2.10. The first kappa shape index (κ1) is 15.4. The Morgan fingerprint density at radius 3 is 2.25 bits per heavy atom. The summed E-state index contributed by atoms with van der Waals surface area (Å²) < 4.78 is 0. The molecule has 0 saturated carbocycles. The van der Waals surface area contributed by atoms with Crippen molar-refractivity contribution < 1.29 is 9.90 Å². The standard InChI is InChI=1S/C12H26N2O2/c1-6-7-12(5,16)9-13-10(15)8-14-11(2,3)4/h14,16H,6-9H2,1-5H3,(H,13,15). The average molecular weight is 230 g/mol. The number of amides is 1. The second-order valence-electron chi connectivity index (χ2n) is 5.63. The Kier molecular flexibility index (Phi) is 5.97. The molecule has 0 spiro atoms. The Balaban J connectivity index is 3.81. The number of hydrogen-bond acceptors (Lipinski definition) is 3. The van der Waals surface area contributed by atoms with Gasteiger partial charge in [-0.1, -0.05) is 13.3 Å². The van der Waals surface area contributed by atoms with E-state index in [0.717, 1.165) is 6.42 Å². The molecule has 0 aromatic heterocycles. The zero-order valence-corrected chi connectivity index (χ0v) is 11.2. The summed E-state index contributed by atoms with van der Waals surface area (Å²) in [6, 6.07) is 0. The van der Waals surface area contributed by atoms with Crippen molar-refractivity contribution in [1.29, 1.82) is 0 Å². The van der Waals surface area contributed by atoms with Crippen molar-refractivity contribution in [3.8, 4) is 0 Å². The Morgan fingerprint density at radius 2 is 1.81 bits per heavy atom. The Morgan fingerprint density at radius 1 is 1.25 bits per heavy atom. The van der Waals surface area contributed by atoms with Gasteiger partial charge in [0, 0.05) is 12.1 Å². The van der Waals surface area contributed by atoms with Gasteiger partial charge in [-0.3, -0.25) is 4.79 Å². The summed E-state index contributed by atoms with van der Waals surface area (Å²) in [5.74, 6) is -0.0775. The first-order chi connectivity index (χ1) is 7.16. The van der Waals surface area contributed by atoms with Gasteiger partial charge in [-0.15, -0.1) is 0 Å². The molecular weight excluding hydrogens is 204 g/mol. The maximum atomic E-state index is 11.5. The molecule has 1 amide bonds. The minimum absolute atomic E-state index is 0.0662. The monoisotopic (exact) mass is 230 g/mol. The van der Waals surface area contributed by atoms with Gasteiger partial charge in [0.05, 0.1) is 12.1 Å². The van der Waals surface area contributed by atoms with E-state index in [0.29, 0.717) is 13.0 Å². The summed E-state index contributed by atoms with van der Waals surface area (Å²) in [6.07, 6.45) is 1.60. The van der Waals surface area contributed by atoms with E-state index in [1.807, 2.05) is 27.7 Å². The highest BCUT2D eigenvalue weighted by molar-refractivity contribution is 5.78. The fourth-order valence-corrected chi connectivity index (χ4v) is 1.32. The molecule has 0 saturated heterocycles. The predicted molar refractivity (Wildman–Crippen MR) is 66.3 cm³/mol. The van der Waals surface area contributed by atoms with Crippen LogP contribution in [0.15, 0.2) is 0 Å². The van der Waals surface area contributed by atoms with Gasteiger partial charge in [0.1, 0.15) is 0 Å². The first-order valence-corrected chi connectivity index (χ1v) is 5.90. The van der Waals surface area contributed by atoms with Crippen LogP contribution in [0, 0.1) is 0 Å². The predicted octanol–water partition coefficient (Wildman–Crippen LogP) is 1.04. The van der Waals surface area contributed by atoms with E-state index >= 15 is 0 Å². The highest BCUT2D eigenvalue weighted by Gasteiger charge is 2.20. The Bertz CT molecular complexity index is 220. The number of aliphatic hydroxyl groups is 1.